The molecule has 4 heteroatoms. The summed E-state index contributed by atoms with van der Waals surface area (Å²) in [6.45, 7) is 2.63. The van der Waals surface area contributed by atoms with Crippen molar-refractivity contribution in [3.8, 4) is 5.75 Å². The molecule has 0 radical (unpaired) electrons. The van der Waals surface area contributed by atoms with E-state index in [1.165, 1.54) is 6.08 Å². The summed E-state index contributed by atoms with van der Waals surface area (Å²) in [5, 5.41) is 12.3. The number of hydrogen-bond donors (Lipinski definition) is 2. The summed E-state index contributed by atoms with van der Waals surface area (Å²) in [5.74, 6) is 1.04. The molecule has 1 aliphatic carbocycles. The maximum absolute atomic E-state index is 11.8. The van der Waals surface area contributed by atoms with Gasteiger partial charge in [-0.2, -0.15) is 0 Å². The molecule has 1 aliphatic rings. The molecule has 2 rings (SSSR count). The standard InChI is InChI=1S/C17H23NO3/c1-12-3-7-16(21-2)14(9-12)5-8-17(20)18-11-13-4-6-15(19)10-13/h3,5,7-9,13,15,19H,4,6,10-11H2,1-2H3,(H,18,20)/b8-5+. The first kappa shape index (κ1) is 15.6. The van der Waals surface area contributed by atoms with Crippen LogP contribution in [0.4, 0.5) is 0 Å². The zero-order valence-corrected chi connectivity index (χ0v) is 12.6. The van der Waals surface area contributed by atoms with E-state index in [0.717, 1.165) is 36.1 Å². The van der Waals surface area contributed by atoms with E-state index in [2.05, 4.69) is 5.32 Å². The van der Waals surface area contributed by atoms with Crippen molar-refractivity contribution in [3.63, 3.8) is 0 Å². The molecular formula is C17H23NO3. The second-order valence-corrected chi connectivity index (χ2v) is 5.66. The number of carbonyl (C=O) groups excluding carboxylic acids is 1. The third kappa shape index (κ3) is 4.60. The molecule has 21 heavy (non-hydrogen) atoms. The van der Waals surface area contributed by atoms with Crippen LogP contribution in [0.15, 0.2) is 24.3 Å². The van der Waals surface area contributed by atoms with E-state index in [0.29, 0.717) is 12.5 Å². The van der Waals surface area contributed by atoms with Gasteiger partial charge in [-0.15, -0.1) is 0 Å². The minimum Gasteiger partial charge on any atom is -0.496 e. The minimum absolute atomic E-state index is 0.111. The maximum Gasteiger partial charge on any atom is 0.244 e. The molecule has 2 atom stereocenters. The predicted molar refractivity (Wildman–Crippen MR) is 83.1 cm³/mol. The van der Waals surface area contributed by atoms with Gasteiger partial charge in [-0.1, -0.05) is 11.6 Å². The van der Waals surface area contributed by atoms with Crippen molar-refractivity contribution in [1.82, 2.24) is 5.32 Å². The average Bonchev–Trinajstić information content (AvgIpc) is 2.88. The quantitative estimate of drug-likeness (QED) is 0.818. The Morgan fingerprint density at radius 2 is 2.29 bits per heavy atom. The van der Waals surface area contributed by atoms with Crippen molar-refractivity contribution in [3.05, 3.63) is 35.4 Å². The van der Waals surface area contributed by atoms with Gasteiger partial charge in [-0.05, 0) is 50.3 Å². The molecule has 0 saturated heterocycles. The molecule has 0 bridgehead atoms. The molecule has 1 aromatic rings. The molecule has 0 spiro atoms. The van der Waals surface area contributed by atoms with E-state index < -0.39 is 0 Å². The lowest BCUT2D eigenvalue weighted by Crippen LogP contribution is -2.26. The van der Waals surface area contributed by atoms with Crippen LogP contribution < -0.4 is 10.1 Å². The summed E-state index contributed by atoms with van der Waals surface area (Å²) < 4.78 is 5.27. The van der Waals surface area contributed by atoms with Gasteiger partial charge in [-0.3, -0.25) is 4.79 Å². The zero-order chi connectivity index (χ0) is 15.2. The smallest absolute Gasteiger partial charge is 0.244 e. The van der Waals surface area contributed by atoms with E-state index in [-0.39, 0.29) is 12.0 Å². The molecule has 2 unspecified atom stereocenters. The molecular weight excluding hydrogens is 266 g/mol. The van der Waals surface area contributed by atoms with Gasteiger partial charge in [0.25, 0.3) is 0 Å². The Bertz CT molecular complexity index is 525. The number of nitrogens with one attached hydrogen (secondary N) is 1. The van der Waals surface area contributed by atoms with Gasteiger partial charge >= 0.3 is 0 Å². The van der Waals surface area contributed by atoms with E-state index in [9.17, 15) is 9.90 Å². The largest absolute Gasteiger partial charge is 0.496 e. The third-order valence-electron chi connectivity index (χ3n) is 3.88. The normalized spacial score (nSPS) is 21.7. The van der Waals surface area contributed by atoms with Crippen LogP contribution in [-0.4, -0.2) is 30.8 Å². The van der Waals surface area contributed by atoms with Crippen molar-refractivity contribution >= 4 is 12.0 Å². The Labute approximate surface area is 125 Å². The van der Waals surface area contributed by atoms with Crippen molar-refractivity contribution < 1.29 is 14.6 Å². The first-order chi connectivity index (χ1) is 10.1. The monoisotopic (exact) mass is 289 g/mol. The average molecular weight is 289 g/mol. The van der Waals surface area contributed by atoms with Gasteiger partial charge in [0.05, 0.1) is 13.2 Å². The number of ether oxygens (including phenoxy) is 1. The molecule has 4 nitrogen and oxygen atoms in total. The van der Waals surface area contributed by atoms with Crippen LogP contribution in [0.2, 0.25) is 0 Å². The zero-order valence-electron chi connectivity index (χ0n) is 12.6. The number of hydrogen-bond acceptors (Lipinski definition) is 3. The summed E-state index contributed by atoms with van der Waals surface area (Å²) in [4.78, 5) is 11.8. The predicted octanol–water partition coefficient (Wildman–Crippen LogP) is 2.29. The van der Waals surface area contributed by atoms with Crippen LogP contribution in [0.3, 0.4) is 0 Å². The number of amides is 1. The molecule has 1 aromatic carbocycles. The first-order valence-electron chi connectivity index (χ1n) is 7.37. The SMILES string of the molecule is COc1ccc(C)cc1/C=C/C(=O)NCC1CCC(O)C1. The van der Waals surface area contributed by atoms with Crippen molar-refractivity contribution in [2.45, 2.75) is 32.3 Å². The Hall–Kier alpha value is -1.81. The van der Waals surface area contributed by atoms with Crippen LogP contribution in [0.25, 0.3) is 6.08 Å². The Morgan fingerprint density at radius 1 is 1.48 bits per heavy atom. The molecule has 0 heterocycles. The topological polar surface area (TPSA) is 58.6 Å². The number of aliphatic hydroxyl groups excluding tert-OH is 1. The van der Waals surface area contributed by atoms with Gasteiger partial charge < -0.3 is 15.2 Å². The van der Waals surface area contributed by atoms with Crippen LogP contribution in [0, 0.1) is 12.8 Å². The molecule has 114 valence electrons. The van der Waals surface area contributed by atoms with Gasteiger partial charge in [0.1, 0.15) is 5.75 Å². The molecule has 1 saturated carbocycles. The van der Waals surface area contributed by atoms with Crippen LogP contribution in [0.5, 0.6) is 5.75 Å². The Kier molecular flexibility index (Phi) is 5.39. The van der Waals surface area contributed by atoms with Crippen molar-refractivity contribution in [2.75, 3.05) is 13.7 Å². The third-order valence-corrected chi connectivity index (χ3v) is 3.88. The van der Waals surface area contributed by atoms with Crippen LogP contribution in [-0.2, 0) is 4.79 Å². The number of carbonyl (C=O) groups is 1. The lowest BCUT2D eigenvalue weighted by atomic mass is 10.1. The van der Waals surface area contributed by atoms with Crippen LogP contribution in [0.1, 0.15) is 30.4 Å². The highest BCUT2D eigenvalue weighted by atomic mass is 16.5. The highest BCUT2D eigenvalue weighted by molar-refractivity contribution is 5.92. The Balaban J connectivity index is 1.88. The molecule has 1 fully saturated rings. The molecule has 0 aliphatic heterocycles. The fraction of sp³-hybridized carbons (Fsp3) is 0.471. The van der Waals surface area contributed by atoms with Crippen LogP contribution >= 0.6 is 0 Å². The minimum atomic E-state index is -0.195. The van der Waals surface area contributed by atoms with E-state index in [4.69, 9.17) is 4.74 Å². The lowest BCUT2D eigenvalue weighted by Gasteiger charge is -2.09. The van der Waals surface area contributed by atoms with Crippen molar-refractivity contribution in [2.24, 2.45) is 5.92 Å². The summed E-state index contributed by atoms with van der Waals surface area (Å²) in [5.41, 5.74) is 2.01. The number of benzene rings is 1. The molecule has 1 amide bonds. The maximum atomic E-state index is 11.8. The number of methoxy groups -OCH3 is 1. The highest BCUT2D eigenvalue weighted by Gasteiger charge is 2.22. The van der Waals surface area contributed by atoms with Gasteiger partial charge in [0.15, 0.2) is 0 Å². The summed E-state index contributed by atoms with van der Waals surface area (Å²) in [7, 11) is 1.62. The number of rotatable bonds is 5. The van der Waals surface area contributed by atoms with Gasteiger partial charge in [-0.25, -0.2) is 0 Å². The van der Waals surface area contributed by atoms with Gasteiger partial charge in [0, 0.05) is 18.2 Å². The fourth-order valence-corrected chi connectivity index (χ4v) is 2.69. The summed E-state index contributed by atoms with van der Waals surface area (Å²) >= 11 is 0. The van der Waals surface area contributed by atoms with E-state index >= 15 is 0 Å². The summed E-state index contributed by atoms with van der Waals surface area (Å²) in [6.07, 6.45) is 5.72. The molecule has 0 aromatic heterocycles. The lowest BCUT2D eigenvalue weighted by molar-refractivity contribution is -0.116. The Morgan fingerprint density at radius 3 is 2.95 bits per heavy atom. The van der Waals surface area contributed by atoms with E-state index in [1.54, 1.807) is 13.2 Å². The van der Waals surface area contributed by atoms with Crippen molar-refractivity contribution in [1.29, 1.82) is 0 Å². The number of aryl methyl sites for hydroxylation is 1. The first-order valence-corrected chi connectivity index (χ1v) is 7.37. The van der Waals surface area contributed by atoms with Gasteiger partial charge in [0.2, 0.25) is 5.91 Å². The summed E-state index contributed by atoms with van der Waals surface area (Å²) in [6, 6.07) is 5.85. The molecule has 2 N–H and O–H groups in total. The second kappa shape index (κ2) is 7.27. The highest BCUT2D eigenvalue weighted by Crippen LogP contribution is 2.24. The fourth-order valence-electron chi connectivity index (χ4n) is 2.69. The van der Waals surface area contributed by atoms with E-state index in [1.807, 2.05) is 25.1 Å². The number of aliphatic hydroxyl groups is 1. The second-order valence-electron chi connectivity index (χ2n) is 5.66.